The molecule has 2 heterocycles. The van der Waals surface area contributed by atoms with Gasteiger partial charge in [-0.25, -0.2) is 13.2 Å². The Labute approximate surface area is 170 Å². The molecule has 0 fully saturated rings. The molecular formula is C19H17NO5S3. The summed E-state index contributed by atoms with van der Waals surface area (Å²) in [6.07, 6.45) is 0. The number of carbonyl (C=O) groups is 2. The van der Waals surface area contributed by atoms with Crippen molar-refractivity contribution in [3.8, 4) is 10.4 Å². The average molecular weight is 436 g/mol. The molecule has 0 bridgehead atoms. The van der Waals surface area contributed by atoms with E-state index in [0.717, 1.165) is 16.9 Å². The van der Waals surface area contributed by atoms with E-state index in [0.29, 0.717) is 20.9 Å². The highest BCUT2D eigenvalue weighted by molar-refractivity contribution is 7.92. The molecule has 3 rings (SSSR count). The van der Waals surface area contributed by atoms with Gasteiger partial charge in [-0.05, 0) is 44.5 Å². The van der Waals surface area contributed by atoms with Gasteiger partial charge in [-0.3, -0.25) is 9.52 Å². The number of Topliss-reactive ketones (excluding diaryl/α,β-unsaturated/α-hetero) is 1. The Balaban J connectivity index is 2.02. The maximum atomic E-state index is 12.8. The Bertz CT molecular complexity index is 1190. The van der Waals surface area contributed by atoms with Gasteiger partial charge < -0.3 is 5.11 Å². The molecule has 6 nitrogen and oxygen atoms in total. The molecule has 2 N–H and O–H groups in total. The minimum absolute atomic E-state index is 0.00282. The second-order valence-electron chi connectivity index (χ2n) is 6.29. The number of nitrogens with one attached hydrogen (secondary N) is 1. The third kappa shape index (κ3) is 4.01. The second kappa shape index (κ2) is 7.50. The van der Waals surface area contributed by atoms with Gasteiger partial charge in [0.2, 0.25) is 0 Å². The lowest BCUT2D eigenvalue weighted by Gasteiger charge is -2.10. The van der Waals surface area contributed by atoms with Crippen LogP contribution in [0.25, 0.3) is 10.4 Å². The third-order valence-electron chi connectivity index (χ3n) is 4.02. The quantitative estimate of drug-likeness (QED) is 0.542. The van der Waals surface area contributed by atoms with Crippen LogP contribution in [0.5, 0.6) is 0 Å². The van der Waals surface area contributed by atoms with Crippen LogP contribution in [0.1, 0.15) is 37.4 Å². The van der Waals surface area contributed by atoms with Crippen LogP contribution in [-0.4, -0.2) is 25.3 Å². The van der Waals surface area contributed by atoms with E-state index < -0.39 is 16.0 Å². The Morgan fingerprint density at radius 2 is 1.82 bits per heavy atom. The van der Waals surface area contributed by atoms with E-state index in [1.165, 1.54) is 30.4 Å². The summed E-state index contributed by atoms with van der Waals surface area (Å²) in [5.41, 5.74) is 2.19. The number of aromatic carboxylic acids is 1. The van der Waals surface area contributed by atoms with E-state index in [4.69, 9.17) is 0 Å². The average Bonchev–Trinajstić information content (AvgIpc) is 3.20. The molecule has 146 valence electrons. The standard InChI is InChI=1S/C19H17NO5S3/c1-10-4-5-17(11(2)6-10)28(24,25)20-14-8-16(27-18(14)19(22)23)13-7-15(12(3)21)26-9-13/h4-9,20H,1-3H3,(H,22,23). The zero-order valence-corrected chi connectivity index (χ0v) is 17.7. The zero-order chi connectivity index (χ0) is 20.6. The van der Waals surface area contributed by atoms with Crippen LogP contribution in [0.3, 0.4) is 0 Å². The van der Waals surface area contributed by atoms with Gasteiger partial charge in [0.05, 0.1) is 15.5 Å². The Hall–Kier alpha value is -2.49. The highest BCUT2D eigenvalue weighted by atomic mass is 32.2. The molecule has 0 spiro atoms. The maximum Gasteiger partial charge on any atom is 0.348 e. The number of carboxylic acid groups (broad SMARTS) is 1. The second-order valence-corrected chi connectivity index (χ2v) is 9.90. The molecule has 0 unspecified atom stereocenters. The Morgan fingerprint density at radius 3 is 2.39 bits per heavy atom. The fraction of sp³-hybridized carbons (Fsp3) is 0.158. The van der Waals surface area contributed by atoms with Crippen molar-refractivity contribution in [1.29, 1.82) is 0 Å². The minimum Gasteiger partial charge on any atom is -0.477 e. The molecule has 3 aromatic rings. The first-order chi connectivity index (χ1) is 13.1. The number of hydrogen-bond donors (Lipinski definition) is 2. The van der Waals surface area contributed by atoms with Crippen molar-refractivity contribution in [1.82, 2.24) is 0 Å². The molecule has 0 saturated carbocycles. The first-order valence-electron chi connectivity index (χ1n) is 8.15. The number of anilines is 1. The molecule has 0 aliphatic rings. The van der Waals surface area contributed by atoms with Gasteiger partial charge in [0.15, 0.2) is 5.78 Å². The molecule has 0 aliphatic heterocycles. The predicted octanol–water partition coefficient (Wildman–Crippen LogP) is 4.80. The van der Waals surface area contributed by atoms with E-state index in [9.17, 15) is 23.1 Å². The van der Waals surface area contributed by atoms with Crippen LogP contribution in [0.2, 0.25) is 0 Å². The summed E-state index contributed by atoms with van der Waals surface area (Å²) in [6, 6.07) is 8.10. The SMILES string of the molecule is CC(=O)c1cc(-c2cc(NS(=O)(=O)c3ccc(C)cc3C)c(C(=O)O)s2)cs1. The van der Waals surface area contributed by atoms with Gasteiger partial charge in [-0.15, -0.1) is 22.7 Å². The van der Waals surface area contributed by atoms with Crippen molar-refractivity contribution in [2.45, 2.75) is 25.7 Å². The molecule has 0 atom stereocenters. The summed E-state index contributed by atoms with van der Waals surface area (Å²) in [4.78, 5) is 24.2. The predicted molar refractivity (Wildman–Crippen MR) is 111 cm³/mol. The van der Waals surface area contributed by atoms with Crippen molar-refractivity contribution in [3.63, 3.8) is 0 Å². The fourth-order valence-corrected chi connectivity index (χ4v) is 5.90. The van der Waals surface area contributed by atoms with E-state index in [2.05, 4.69) is 4.72 Å². The fourth-order valence-electron chi connectivity index (χ4n) is 2.72. The number of sulfonamides is 1. The number of benzene rings is 1. The molecule has 0 radical (unpaired) electrons. The first-order valence-corrected chi connectivity index (χ1v) is 11.3. The lowest BCUT2D eigenvalue weighted by atomic mass is 10.2. The van der Waals surface area contributed by atoms with Crippen molar-refractivity contribution < 1.29 is 23.1 Å². The van der Waals surface area contributed by atoms with E-state index in [-0.39, 0.29) is 21.2 Å². The molecule has 0 saturated heterocycles. The Kier molecular flexibility index (Phi) is 5.42. The number of carboxylic acids is 1. The molecule has 2 aromatic heterocycles. The van der Waals surface area contributed by atoms with Gasteiger partial charge in [-0.1, -0.05) is 17.7 Å². The number of carbonyl (C=O) groups excluding carboxylic acids is 1. The molecular weight excluding hydrogens is 418 g/mol. The van der Waals surface area contributed by atoms with Crippen LogP contribution in [0.15, 0.2) is 40.6 Å². The van der Waals surface area contributed by atoms with E-state index in [1.807, 2.05) is 6.92 Å². The summed E-state index contributed by atoms with van der Waals surface area (Å²) >= 11 is 2.22. The van der Waals surface area contributed by atoms with Gasteiger partial charge in [0, 0.05) is 15.8 Å². The largest absolute Gasteiger partial charge is 0.477 e. The number of thiophene rings is 2. The van der Waals surface area contributed by atoms with E-state index >= 15 is 0 Å². The number of hydrogen-bond acceptors (Lipinski definition) is 6. The first kappa shape index (κ1) is 20.2. The summed E-state index contributed by atoms with van der Waals surface area (Å²) in [6.45, 7) is 5.00. The van der Waals surface area contributed by atoms with Crippen LogP contribution >= 0.6 is 22.7 Å². The van der Waals surface area contributed by atoms with Crippen molar-refractivity contribution in [3.05, 3.63) is 56.6 Å². The topological polar surface area (TPSA) is 101 Å². The number of aryl methyl sites for hydroxylation is 2. The zero-order valence-electron chi connectivity index (χ0n) is 15.3. The van der Waals surface area contributed by atoms with Crippen LogP contribution < -0.4 is 4.72 Å². The molecule has 1 aromatic carbocycles. The summed E-state index contributed by atoms with van der Waals surface area (Å²) in [7, 11) is -3.95. The minimum atomic E-state index is -3.95. The van der Waals surface area contributed by atoms with E-state index in [1.54, 1.807) is 30.5 Å². The summed E-state index contributed by atoms with van der Waals surface area (Å²) in [5.74, 6) is -1.31. The van der Waals surface area contributed by atoms with Crippen molar-refractivity contribution in [2.75, 3.05) is 4.72 Å². The lowest BCUT2D eigenvalue weighted by Crippen LogP contribution is -2.15. The number of ketones is 1. The highest BCUT2D eigenvalue weighted by Gasteiger charge is 2.23. The Morgan fingerprint density at radius 1 is 1.11 bits per heavy atom. The smallest absolute Gasteiger partial charge is 0.348 e. The highest BCUT2D eigenvalue weighted by Crippen LogP contribution is 2.38. The van der Waals surface area contributed by atoms with Crippen molar-refractivity contribution >= 4 is 50.1 Å². The van der Waals surface area contributed by atoms with Crippen molar-refractivity contribution in [2.24, 2.45) is 0 Å². The van der Waals surface area contributed by atoms with Crippen LogP contribution in [0, 0.1) is 13.8 Å². The maximum absolute atomic E-state index is 12.8. The molecule has 9 heteroatoms. The summed E-state index contributed by atoms with van der Waals surface area (Å²) in [5, 5.41) is 11.2. The molecule has 28 heavy (non-hydrogen) atoms. The molecule has 0 amide bonds. The van der Waals surface area contributed by atoms with Crippen LogP contribution in [-0.2, 0) is 10.0 Å². The lowest BCUT2D eigenvalue weighted by molar-refractivity contribution is 0.0703. The normalized spacial score (nSPS) is 11.4. The van der Waals surface area contributed by atoms with Crippen LogP contribution in [0.4, 0.5) is 5.69 Å². The summed E-state index contributed by atoms with van der Waals surface area (Å²) < 4.78 is 28.0. The molecule has 0 aliphatic carbocycles. The monoisotopic (exact) mass is 435 g/mol. The number of rotatable bonds is 6. The third-order valence-corrected chi connectivity index (χ3v) is 7.75. The van der Waals surface area contributed by atoms with Gasteiger partial charge in [-0.2, -0.15) is 0 Å². The van der Waals surface area contributed by atoms with Gasteiger partial charge in [0.1, 0.15) is 4.88 Å². The van der Waals surface area contributed by atoms with Gasteiger partial charge in [0.25, 0.3) is 10.0 Å². The van der Waals surface area contributed by atoms with Gasteiger partial charge >= 0.3 is 5.97 Å².